The summed E-state index contributed by atoms with van der Waals surface area (Å²) in [6.45, 7) is 0. The van der Waals surface area contributed by atoms with E-state index < -0.39 is 0 Å². The van der Waals surface area contributed by atoms with Gasteiger partial charge in [-0.15, -0.1) is 0 Å². The van der Waals surface area contributed by atoms with E-state index in [0.717, 1.165) is 31.3 Å². The molecule has 0 saturated heterocycles. The van der Waals surface area contributed by atoms with Gasteiger partial charge in [0.2, 0.25) is 0 Å². The lowest BCUT2D eigenvalue weighted by Crippen LogP contribution is -2.00. The summed E-state index contributed by atoms with van der Waals surface area (Å²) < 4.78 is 4.33. The lowest BCUT2D eigenvalue weighted by Gasteiger charge is -2.11. The summed E-state index contributed by atoms with van der Waals surface area (Å²) >= 11 is 7.04. The first-order valence-corrected chi connectivity index (χ1v) is 14.1. The molecule has 0 aliphatic carbocycles. The van der Waals surface area contributed by atoms with Gasteiger partial charge in [-0.3, -0.25) is 0 Å². The molecule has 7 rings (SSSR count). The van der Waals surface area contributed by atoms with Crippen LogP contribution in [-0.4, -0.2) is 19.5 Å². The highest BCUT2D eigenvalue weighted by molar-refractivity contribution is 9.10. The van der Waals surface area contributed by atoms with E-state index in [-0.39, 0.29) is 0 Å². The molecule has 2 aromatic heterocycles. The van der Waals surface area contributed by atoms with Gasteiger partial charge in [0.05, 0.1) is 11.0 Å². The Hall–Kier alpha value is -4.13. The zero-order valence-corrected chi connectivity index (χ0v) is 23.8. The van der Waals surface area contributed by atoms with Crippen LogP contribution in [0.4, 0.5) is 0 Å². The van der Waals surface area contributed by atoms with Crippen molar-refractivity contribution in [1.82, 2.24) is 19.5 Å². The van der Waals surface area contributed by atoms with Crippen LogP contribution in [0.1, 0.15) is 0 Å². The minimum absolute atomic E-state index is 0.634. The molecule has 0 N–H and O–H groups in total. The maximum atomic E-state index is 4.89. The van der Waals surface area contributed by atoms with Crippen molar-refractivity contribution in [3.05, 3.63) is 130 Å². The van der Waals surface area contributed by atoms with Crippen LogP contribution in [-0.2, 0) is 0 Å². The van der Waals surface area contributed by atoms with Crippen LogP contribution >= 0.6 is 31.9 Å². The van der Waals surface area contributed by atoms with Gasteiger partial charge in [-0.05, 0) is 60.7 Å². The van der Waals surface area contributed by atoms with E-state index in [1.54, 1.807) is 0 Å². The van der Waals surface area contributed by atoms with Gasteiger partial charge in [0.15, 0.2) is 17.5 Å². The third-order valence-corrected chi connectivity index (χ3v) is 7.86. The molecule has 7 aromatic rings. The van der Waals surface area contributed by atoms with Crippen LogP contribution in [0.2, 0.25) is 0 Å². The third-order valence-electron chi connectivity index (χ3n) is 6.80. The largest absolute Gasteiger partial charge is 0.309 e. The Bertz CT molecular complexity index is 1840. The molecule has 5 aromatic carbocycles. The van der Waals surface area contributed by atoms with Gasteiger partial charge in [0.1, 0.15) is 0 Å². The highest BCUT2D eigenvalue weighted by Crippen LogP contribution is 2.33. The van der Waals surface area contributed by atoms with Gasteiger partial charge < -0.3 is 4.57 Å². The average molecular weight is 632 g/mol. The van der Waals surface area contributed by atoms with E-state index in [2.05, 4.69) is 109 Å². The van der Waals surface area contributed by atoms with E-state index in [0.29, 0.717) is 17.5 Å². The molecule has 0 aliphatic rings. The van der Waals surface area contributed by atoms with Crippen molar-refractivity contribution >= 4 is 53.7 Å². The van der Waals surface area contributed by atoms with Crippen molar-refractivity contribution in [2.24, 2.45) is 0 Å². The number of hydrogen-bond donors (Lipinski definition) is 0. The van der Waals surface area contributed by atoms with Gasteiger partial charge in [0.25, 0.3) is 0 Å². The second-order valence-electron chi connectivity index (χ2n) is 9.24. The van der Waals surface area contributed by atoms with Crippen molar-refractivity contribution in [3.8, 4) is 39.9 Å². The Morgan fingerprint density at radius 2 is 0.769 bits per heavy atom. The van der Waals surface area contributed by atoms with Gasteiger partial charge in [0, 0.05) is 42.1 Å². The van der Waals surface area contributed by atoms with Crippen LogP contribution in [0, 0.1) is 0 Å². The second kappa shape index (κ2) is 9.88. The van der Waals surface area contributed by atoms with Crippen LogP contribution in [0.15, 0.2) is 130 Å². The number of aromatic nitrogens is 4. The quantitative estimate of drug-likeness (QED) is 0.194. The molecule has 0 saturated carbocycles. The summed E-state index contributed by atoms with van der Waals surface area (Å²) in [6, 6.07) is 41.6. The van der Waals surface area contributed by atoms with E-state index in [4.69, 9.17) is 15.0 Å². The fraction of sp³-hybridized carbons (Fsp3) is 0. The van der Waals surface area contributed by atoms with Gasteiger partial charge in [-0.1, -0.05) is 92.5 Å². The Morgan fingerprint density at radius 3 is 1.18 bits per heavy atom. The van der Waals surface area contributed by atoms with Crippen LogP contribution in [0.5, 0.6) is 0 Å². The number of halogens is 2. The SMILES string of the molecule is Brc1ccc(-c2nc(-c3ccc(Br)cc3)nc(-c3ccc(-n4c5ccccc5c5ccccc54)cc3)n2)cc1. The highest BCUT2D eigenvalue weighted by atomic mass is 79.9. The molecule has 0 amide bonds. The fourth-order valence-corrected chi connectivity index (χ4v) is 5.45. The van der Waals surface area contributed by atoms with Gasteiger partial charge in [-0.25, -0.2) is 15.0 Å². The number of rotatable bonds is 4. The second-order valence-corrected chi connectivity index (χ2v) is 11.1. The highest BCUT2D eigenvalue weighted by Gasteiger charge is 2.14. The molecular formula is C33H20Br2N4. The molecule has 0 fully saturated rings. The number of nitrogens with zero attached hydrogens (tertiary/aromatic N) is 4. The van der Waals surface area contributed by atoms with Gasteiger partial charge in [-0.2, -0.15) is 0 Å². The molecule has 6 heteroatoms. The minimum atomic E-state index is 0.634. The molecule has 39 heavy (non-hydrogen) atoms. The molecule has 0 unspecified atom stereocenters. The Morgan fingerprint density at radius 1 is 0.410 bits per heavy atom. The normalized spacial score (nSPS) is 11.3. The van der Waals surface area contributed by atoms with E-state index in [1.165, 1.54) is 21.8 Å². The Labute approximate surface area is 242 Å². The summed E-state index contributed by atoms with van der Waals surface area (Å²) in [4.78, 5) is 14.6. The Balaban J connectivity index is 1.36. The zero-order valence-electron chi connectivity index (χ0n) is 20.6. The van der Waals surface area contributed by atoms with Crippen molar-refractivity contribution in [3.63, 3.8) is 0 Å². The molecule has 0 aliphatic heterocycles. The summed E-state index contributed by atoms with van der Waals surface area (Å²) in [6.07, 6.45) is 0. The fourth-order valence-electron chi connectivity index (χ4n) is 4.92. The predicted molar refractivity (Wildman–Crippen MR) is 166 cm³/mol. The first-order chi connectivity index (χ1) is 19.1. The van der Waals surface area contributed by atoms with Crippen LogP contribution in [0.25, 0.3) is 61.7 Å². The molecule has 4 nitrogen and oxygen atoms in total. The first-order valence-electron chi connectivity index (χ1n) is 12.5. The molecule has 0 atom stereocenters. The van der Waals surface area contributed by atoms with Crippen molar-refractivity contribution in [1.29, 1.82) is 0 Å². The number of hydrogen-bond acceptors (Lipinski definition) is 3. The Kier molecular flexibility index (Phi) is 6.06. The maximum Gasteiger partial charge on any atom is 0.164 e. The van der Waals surface area contributed by atoms with Crippen molar-refractivity contribution in [2.75, 3.05) is 0 Å². The lowest BCUT2D eigenvalue weighted by atomic mass is 10.1. The number of benzene rings is 5. The summed E-state index contributed by atoms with van der Waals surface area (Å²) in [7, 11) is 0. The first kappa shape index (κ1) is 23.9. The number of fused-ring (bicyclic) bond motifs is 3. The minimum Gasteiger partial charge on any atom is -0.309 e. The predicted octanol–water partition coefficient (Wildman–Crippen LogP) is 9.49. The molecule has 0 bridgehead atoms. The van der Waals surface area contributed by atoms with E-state index >= 15 is 0 Å². The van der Waals surface area contributed by atoms with E-state index in [9.17, 15) is 0 Å². The lowest BCUT2D eigenvalue weighted by molar-refractivity contribution is 1.07. The zero-order chi connectivity index (χ0) is 26.3. The summed E-state index contributed by atoms with van der Waals surface area (Å²) in [5, 5.41) is 2.49. The molecule has 186 valence electrons. The standard InChI is InChI=1S/C33H20Br2N4/c34-24-15-9-21(10-16-24)31-36-32(22-11-17-25(35)18-12-22)38-33(37-31)23-13-19-26(20-14-23)39-29-7-3-1-5-27(29)28-6-2-4-8-30(28)39/h1-20H. The topological polar surface area (TPSA) is 43.6 Å². The summed E-state index contributed by atoms with van der Waals surface area (Å²) in [5.41, 5.74) is 6.25. The average Bonchev–Trinajstić information content (AvgIpc) is 3.32. The molecule has 2 heterocycles. The summed E-state index contributed by atoms with van der Waals surface area (Å²) in [5.74, 6) is 1.91. The monoisotopic (exact) mass is 630 g/mol. The maximum absolute atomic E-state index is 4.89. The number of para-hydroxylation sites is 2. The molecule has 0 radical (unpaired) electrons. The van der Waals surface area contributed by atoms with Gasteiger partial charge >= 0.3 is 0 Å². The van der Waals surface area contributed by atoms with Crippen molar-refractivity contribution in [2.45, 2.75) is 0 Å². The van der Waals surface area contributed by atoms with Crippen LogP contribution < -0.4 is 0 Å². The smallest absolute Gasteiger partial charge is 0.164 e. The molecular weight excluding hydrogens is 612 g/mol. The van der Waals surface area contributed by atoms with E-state index in [1.807, 2.05) is 48.5 Å². The third kappa shape index (κ3) is 4.46. The molecule has 0 spiro atoms. The van der Waals surface area contributed by atoms with Crippen LogP contribution in [0.3, 0.4) is 0 Å². The van der Waals surface area contributed by atoms with Crippen molar-refractivity contribution < 1.29 is 0 Å².